The normalized spacial score (nSPS) is 15.1. The largest absolute Gasteiger partial charge is 0.476 e. The highest BCUT2D eigenvalue weighted by Gasteiger charge is 2.22. The van der Waals surface area contributed by atoms with E-state index < -0.39 is 5.97 Å². The van der Waals surface area contributed by atoms with Gasteiger partial charge in [0.05, 0.1) is 6.61 Å². The van der Waals surface area contributed by atoms with E-state index in [9.17, 15) is 9.59 Å². The van der Waals surface area contributed by atoms with E-state index in [4.69, 9.17) is 9.84 Å². The average molecular weight is 280 g/mol. The minimum atomic E-state index is -1.10. The maximum atomic E-state index is 11.6. The number of aromatic carboxylic acids is 1. The molecule has 108 valence electrons. The first-order valence-corrected chi connectivity index (χ1v) is 6.35. The fraction of sp³-hybridized carbons (Fsp3) is 0.500. The van der Waals surface area contributed by atoms with Crippen molar-refractivity contribution in [3.8, 4) is 0 Å². The van der Waals surface area contributed by atoms with Crippen molar-refractivity contribution >= 4 is 17.9 Å². The van der Waals surface area contributed by atoms with E-state index in [-0.39, 0.29) is 11.8 Å². The predicted molar refractivity (Wildman–Crippen MR) is 69.8 cm³/mol. The third-order valence-electron chi connectivity index (χ3n) is 3.00. The highest BCUT2D eigenvalue weighted by Crippen LogP contribution is 2.13. The van der Waals surface area contributed by atoms with Gasteiger partial charge < -0.3 is 19.6 Å². The van der Waals surface area contributed by atoms with Crippen LogP contribution >= 0.6 is 0 Å². The third-order valence-corrected chi connectivity index (χ3v) is 3.00. The van der Waals surface area contributed by atoms with Crippen molar-refractivity contribution in [2.45, 2.75) is 6.92 Å². The molecule has 1 saturated heterocycles. The molecule has 0 spiro atoms. The zero-order chi connectivity index (χ0) is 14.5. The molecule has 0 radical (unpaired) electrons. The number of carboxylic acid groups (broad SMARTS) is 1. The Morgan fingerprint density at radius 3 is 2.45 bits per heavy atom. The molecule has 0 aliphatic carbocycles. The summed E-state index contributed by atoms with van der Waals surface area (Å²) in [5.41, 5.74) is -0.0843. The standard InChI is InChI=1S/C12H16N4O4/c1-2-20-12(19)16-7-5-15(6-8-16)10-4-3-9(11(17)18)13-14-10/h3-4H,2,5-8H2,1H3,(H,17,18). The number of hydrogen-bond acceptors (Lipinski definition) is 6. The molecule has 1 aliphatic rings. The lowest BCUT2D eigenvalue weighted by Crippen LogP contribution is -2.49. The van der Waals surface area contributed by atoms with Gasteiger partial charge in [0.2, 0.25) is 0 Å². The predicted octanol–water partition coefficient (Wildman–Crippen LogP) is 0.453. The smallest absolute Gasteiger partial charge is 0.409 e. The Labute approximate surface area is 116 Å². The van der Waals surface area contributed by atoms with Crippen LogP contribution in [0, 0.1) is 0 Å². The maximum absolute atomic E-state index is 11.6. The first-order valence-electron chi connectivity index (χ1n) is 6.35. The molecule has 2 rings (SSSR count). The third kappa shape index (κ3) is 3.14. The van der Waals surface area contributed by atoms with Gasteiger partial charge in [-0.2, -0.15) is 0 Å². The molecule has 2 heterocycles. The van der Waals surface area contributed by atoms with Crippen LogP contribution in [-0.2, 0) is 4.74 Å². The number of rotatable bonds is 3. The number of ether oxygens (including phenoxy) is 1. The summed E-state index contributed by atoms with van der Waals surface area (Å²) in [7, 11) is 0. The molecule has 1 amide bonds. The zero-order valence-electron chi connectivity index (χ0n) is 11.2. The molecule has 0 atom stereocenters. The van der Waals surface area contributed by atoms with E-state index in [1.165, 1.54) is 6.07 Å². The summed E-state index contributed by atoms with van der Waals surface area (Å²) in [5, 5.41) is 16.3. The Hall–Kier alpha value is -2.38. The monoisotopic (exact) mass is 280 g/mol. The number of nitrogens with zero attached hydrogens (tertiary/aromatic N) is 4. The Balaban J connectivity index is 1.93. The van der Waals surface area contributed by atoms with Gasteiger partial charge in [-0.1, -0.05) is 0 Å². The van der Waals surface area contributed by atoms with Crippen LogP contribution in [0.1, 0.15) is 17.4 Å². The topological polar surface area (TPSA) is 95.9 Å². The molecule has 1 N–H and O–H groups in total. The summed E-state index contributed by atoms with van der Waals surface area (Å²) < 4.78 is 4.94. The number of carboxylic acids is 1. The molecule has 8 heteroatoms. The van der Waals surface area contributed by atoms with Gasteiger partial charge in [-0.25, -0.2) is 9.59 Å². The Bertz CT molecular complexity index is 483. The first-order chi connectivity index (χ1) is 9.61. The number of amides is 1. The molecule has 1 aromatic rings. The second-order valence-electron chi connectivity index (χ2n) is 4.25. The van der Waals surface area contributed by atoms with Crippen LogP contribution in [0.5, 0.6) is 0 Å². The van der Waals surface area contributed by atoms with Crippen LogP contribution in [0.4, 0.5) is 10.6 Å². The molecule has 1 aromatic heterocycles. The van der Waals surface area contributed by atoms with E-state index in [1.807, 2.05) is 4.90 Å². The van der Waals surface area contributed by atoms with Gasteiger partial charge in [0.15, 0.2) is 11.5 Å². The number of anilines is 1. The molecule has 20 heavy (non-hydrogen) atoms. The number of piperazine rings is 1. The molecule has 0 aromatic carbocycles. The van der Waals surface area contributed by atoms with E-state index in [0.29, 0.717) is 38.6 Å². The summed E-state index contributed by atoms with van der Waals surface area (Å²) >= 11 is 0. The number of hydrogen-bond donors (Lipinski definition) is 1. The molecule has 8 nitrogen and oxygen atoms in total. The highest BCUT2D eigenvalue weighted by molar-refractivity contribution is 5.85. The lowest BCUT2D eigenvalue weighted by Gasteiger charge is -2.34. The summed E-state index contributed by atoms with van der Waals surface area (Å²) in [6, 6.07) is 3.04. The molecule has 0 bridgehead atoms. The summed E-state index contributed by atoms with van der Waals surface area (Å²) in [6.07, 6.45) is -0.306. The second-order valence-corrected chi connectivity index (χ2v) is 4.25. The van der Waals surface area contributed by atoms with Crippen molar-refractivity contribution in [1.82, 2.24) is 15.1 Å². The van der Waals surface area contributed by atoms with Crippen molar-refractivity contribution < 1.29 is 19.4 Å². The van der Waals surface area contributed by atoms with Gasteiger partial charge in [-0.15, -0.1) is 10.2 Å². The highest BCUT2D eigenvalue weighted by atomic mass is 16.6. The van der Waals surface area contributed by atoms with Crippen molar-refractivity contribution in [2.24, 2.45) is 0 Å². The molecular formula is C12H16N4O4. The number of carbonyl (C=O) groups excluding carboxylic acids is 1. The van der Waals surface area contributed by atoms with Crippen molar-refractivity contribution in [1.29, 1.82) is 0 Å². The van der Waals surface area contributed by atoms with Gasteiger partial charge in [-0.3, -0.25) is 0 Å². The molecule has 1 fully saturated rings. The zero-order valence-corrected chi connectivity index (χ0v) is 11.2. The van der Waals surface area contributed by atoms with E-state index in [1.54, 1.807) is 17.9 Å². The average Bonchev–Trinajstić information content (AvgIpc) is 2.48. The summed E-state index contributed by atoms with van der Waals surface area (Å²) in [6.45, 7) is 4.44. The van der Waals surface area contributed by atoms with Crippen molar-refractivity contribution in [3.63, 3.8) is 0 Å². The Morgan fingerprint density at radius 2 is 1.95 bits per heavy atom. The van der Waals surface area contributed by atoms with Crippen LogP contribution in [0.15, 0.2) is 12.1 Å². The lowest BCUT2D eigenvalue weighted by molar-refractivity contribution is 0.0689. The minimum absolute atomic E-state index is 0.0843. The van der Waals surface area contributed by atoms with Gasteiger partial charge in [0.1, 0.15) is 0 Å². The van der Waals surface area contributed by atoms with Crippen LogP contribution < -0.4 is 4.90 Å². The van der Waals surface area contributed by atoms with Crippen molar-refractivity contribution in [2.75, 3.05) is 37.7 Å². The Morgan fingerprint density at radius 1 is 1.25 bits per heavy atom. The quantitative estimate of drug-likeness (QED) is 0.858. The fourth-order valence-corrected chi connectivity index (χ4v) is 1.94. The summed E-state index contributed by atoms with van der Waals surface area (Å²) in [4.78, 5) is 25.8. The van der Waals surface area contributed by atoms with Crippen LogP contribution in [0.25, 0.3) is 0 Å². The van der Waals surface area contributed by atoms with Crippen LogP contribution in [0.2, 0.25) is 0 Å². The molecule has 1 aliphatic heterocycles. The van der Waals surface area contributed by atoms with Crippen molar-refractivity contribution in [3.05, 3.63) is 17.8 Å². The second kappa shape index (κ2) is 6.18. The first kappa shape index (κ1) is 14.0. The molecule has 0 saturated carbocycles. The molecule has 0 unspecified atom stereocenters. The van der Waals surface area contributed by atoms with Gasteiger partial charge in [0.25, 0.3) is 0 Å². The van der Waals surface area contributed by atoms with E-state index in [2.05, 4.69) is 10.2 Å². The fourth-order valence-electron chi connectivity index (χ4n) is 1.94. The van der Waals surface area contributed by atoms with Gasteiger partial charge in [-0.05, 0) is 19.1 Å². The lowest BCUT2D eigenvalue weighted by atomic mass is 10.3. The Kier molecular flexibility index (Phi) is 4.34. The minimum Gasteiger partial charge on any atom is -0.476 e. The van der Waals surface area contributed by atoms with Gasteiger partial charge >= 0.3 is 12.1 Å². The summed E-state index contributed by atoms with van der Waals surface area (Å²) in [5.74, 6) is -0.491. The van der Waals surface area contributed by atoms with Crippen LogP contribution in [0.3, 0.4) is 0 Å². The van der Waals surface area contributed by atoms with E-state index in [0.717, 1.165) is 0 Å². The van der Waals surface area contributed by atoms with E-state index >= 15 is 0 Å². The molecular weight excluding hydrogens is 264 g/mol. The SMILES string of the molecule is CCOC(=O)N1CCN(c2ccc(C(=O)O)nn2)CC1. The number of carbonyl (C=O) groups is 2. The van der Waals surface area contributed by atoms with Crippen LogP contribution in [-0.4, -0.2) is 65.1 Å². The maximum Gasteiger partial charge on any atom is 0.409 e. The van der Waals surface area contributed by atoms with Gasteiger partial charge in [0, 0.05) is 26.2 Å². The number of aromatic nitrogens is 2.